The number of nitrogens with one attached hydrogen (secondary N) is 1. The molecule has 2 rings (SSSR count). The molecule has 1 atom stereocenters. The number of primary amides is 1. The van der Waals surface area contributed by atoms with Crippen molar-refractivity contribution in [2.45, 2.75) is 26.0 Å². The van der Waals surface area contributed by atoms with Crippen LogP contribution in [-0.4, -0.2) is 18.5 Å². The van der Waals surface area contributed by atoms with Crippen LogP contribution in [0.3, 0.4) is 0 Å². The van der Waals surface area contributed by atoms with Gasteiger partial charge in [-0.25, -0.2) is 0 Å². The minimum absolute atomic E-state index is 0.310. The smallest absolute Gasteiger partial charge is 0.234 e. The van der Waals surface area contributed by atoms with E-state index in [1.165, 1.54) is 5.56 Å². The summed E-state index contributed by atoms with van der Waals surface area (Å²) in [4.78, 5) is 10.9. The first-order chi connectivity index (χ1) is 11.0. The lowest BCUT2D eigenvalue weighted by atomic mass is 10.1. The molecular weight excluding hydrogens is 312 g/mol. The molecule has 0 aliphatic heterocycles. The maximum atomic E-state index is 10.9. The Morgan fingerprint density at radius 3 is 2.61 bits per heavy atom. The number of carbonyl (C=O) groups excluding carboxylic acids is 1. The van der Waals surface area contributed by atoms with Crippen LogP contribution < -0.4 is 15.8 Å². The summed E-state index contributed by atoms with van der Waals surface area (Å²) in [7, 11) is 0. The summed E-state index contributed by atoms with van der Waals surface area (Å²) in [6.45, 7) is 2.94. The molecule has 0 aliphatic carbocycles. The van der Waals surface area contributed by atoms with Crippen molar-refractivity contribution in [3.63, 3.8) is 0 Å². The molecule has 0 saturated carbocycles. The van der Waals surface area contributed by atoms with Crippen molar-refractivity contribution in [2.75, 3.05) is 6.54 Å². The fourth-order valence-corrected chi connectivity index (χ4v) is 2.29. The Hall–Kier alpha value is -2.04. The summed E-state index contributed by atoms with van der Waals surface area (Å²) in [5.74, 6) is 0.474. The van der Waals surface area contributed by atoms with Gasteiger partial charge in [0.2, 0.25) is 5.91 Å². The first-order valence-corrected chi connectivity index (χ1v) is 7.91. The second-order valence-electron chi connectivity index (χ2n) is 5.39. The van der Waals surface area contributed by atoms with Gasteiger partial charge in [-0.1, -0.05) is 35.9 Å². The zero-order chi connectivity index (χ0) is 16.7. The van der Waals surface area contributed by atoms with Crippen LogP contribution in [0.15, 0.2) is 48.5 Å². The van der Waals surface area contributed by atoms with Gasteiger partial charge < -0.3 is 15.8 Å². The maximum absolute atomic E-state index is 10.9. The molecule has 0 radical (unpaired) electrons. The van der Waals surface area contributed by atoms with Crippen LogP contribution in [0, 0.1) is 0 Å². The van der Waals surface area contributed by atoms with Gasteiger partial charge >= 0.3 is 0 Å². The fourth-order valence-electron chi connectivity index (χ4n) is 2.08. The van der Waals surface area contributed by atoms with Crippen LogP contribution in [0.2, 0.25) is 5.02 Å². The summed E-state index contributed by atoms with van der Waals surface area (Å²) >= 11 is 5.95. The Morgan fingerprint density at radius 2 is 1.96 bits per heavy atom. The third kappa shape index (κ3) is 5.93. The van der Waals surface area contributed by atoms with E-state index in [0.717, 1.165) is 17.7 Å². The third-order valence-corrected chi connectivity index (χ3v) is 3.74. The molecule has 2 aromatic carbocycles. The lowest BCUT2D eigenvalue weighted by molar-refractivity contribution is -0.119. The van der Waals surface area contributed by atoms with Crippen molar-refractivity contribution >= 4 is 17.5 Å². The Morgan fingerprint density at radius 1 is 1.22 bits per heavy atom. The average molecular weight is 333 g/mol. The molecule has 2 aromatic rings. The van der Waals surface area contributed by atoms with E-state index in [9.17, 15) is 4.79 Å². The van der Waals surface area contributed by atoms with Crippen LogP contribution >= 0.6 is 11.6 Å². The molecule has 23 heavy (non-hydrogen) atoms. The SMILES string of the molecule is CC(NCCc1ccc(OCc2cccc(Cl)c2)cc1)C(N)=O. The van der Waals surface area contributed by atoms with E-state index in [0.29, 0.717) is 18.2 Å². The number of nitrogens with two attached hydrogens (primary N) is 1. The van der Waals surface area contributed by atoms with Gasteiger partial charge in [0.1, 0.15) is 12.4 Å². The van der Waals surface area contributed by atoms with Gasteiger partial charge in [0.25, 0.3) is 0 Å². The van der Waals surface area contributed by atoms with E-state index in [4.69, 9.17) is 22.1 Å². The third-order valence-electron chi connectivity index (χ3n) is 3.51. The molecule has 0 aromatic heterocycles. The van der Waals surface area contributed by atoms with E-state index in [1.54, 1.807) is 6.92 Å². The molecule has 0 heterocycles. The predicted molar refractivity (Wildman–Crippen MR) is 92.6 cm³/mol. The zero-order valence-corrected chi connectivity index (χ0v) is 13.8. The van der Waals surface area contributed by atoms with Gasteiger partial charge in [-0.2, -0.15) is 0 Å². The molecule has 4 nitrogen and oxygen atoms in total. The number of benzene rings is 2. The summed E-state index contributed by atoms with van der Waals surface area (Å²) in [5, 5.41) is 3.79. The number of ether oxygens (including phenoxy) is 1. The van der Waals surface area contributed by atoms with Gasteiger partial charge in [0.15, 0.2) is 0 Å². The lowest BCUT2D eigenvalue weighted by Gasteiger charge is -2.10. The van der Waals surface area contributed by atoms with Gasteiger partial charge in [-0.15, -0.1) is 0 Å². The number of carbonyl (C=O) groups is 1. The van der Waals surface area contributed by atoms with Crippen LogP contribution in [0.5, 0.6) is 5.75 Å². The topological polar surface area (TPSA) is 64.3 Å². The van der Waals surface area contributed by atoms with Gasteiger partial charge in [-0.3, -0.25) is 4.79 Å². The largest absolute Gasteiger partial charge is 0.489 e. The quantitative estimate of drug-likeness (QED) is 0.781. The summed E-state index contributed by atoms with van der Waals surface area (Å²) in [6, 6.07) is 15.2. The van der Waals surface area contributed by atoms with Gasteiger partial charge in [0, 0.05) is 5.02 Å². The highest BCUT2D eigenvalue weighted by molar-refractivity contribution is 6.30. The van der Waals surface area contributed by atoms with E-state index in [1.807, 2.05) is 48.5 Å². The van der Waals surface area contributed by atoms with Crippen LogP contribution in [0.1, 0.15) is 18.1 Å². The van der Waals surface area contributed by atoms with Crippen molar-refractivity contribution in [3.05, 3.63) is 64.7 Å². The van der Waals surface area contributed by atoms with E-state index in [-0.39, 0.29) is 11.9 Å². The highest BCUT2D eigenvalue weighted by atomic mass is 35.5. The van der Waals surface area contributed by atoms with E-state index < -0.39 is 0 Å². The fraction of sp³-hybridized carbons (Fsp3) is 0.278. The first kappa shape index (κ1) is 17.3. The molecule has 122 valence electrons. The molecule has 0 aliphatic rings. The minimum Gasteiger partial charge on any atom is -0.489 e. The maximum Gasteiger partial charge on any atom is 0.234 e. The Kier molecular flexibility index (Phi) is 6.44. The molecule has 0 spiro atoms. The predicted octanol–water partition coefficient (Wildman–Crippen LogP) is 2.92. The number of hydrogen-bond acceptors (Lipinski definition) is 3. The Labute approximate surface area is 141 Å². The molecule has 0 bridgehead atoms. The molecule has 5 heteroatoms. The molecule has 1 amide bonds. The van der Waals surface area contributed by atoms with E-state index in [2.05, 4.69) is 5.32 Å². The summed E-state index contributed by atoms with van der Waals surface area (Å²) < 4.78 is 5.74. The normalized spacial score (nSPS) is 11.9. The zero-order valence-electron chi connectivity index (χ0n) is 13.1. The van der Waals surface area contributed by atoms with Crippen molar-refractivity contribution in [1.82, 2.24) is 5.32 Å². The number of rotatable bonds is 8. The highest BCUT2D eigenvalue weighted by Gasteiger charge is 2.06. The number of halogens is 1. The van der Waals surface area contributed by atoms with Crippen molar-refractivity contribution in [3.8, 4) is 5.75 Å². The molecule has 0 fully saturated rings. The molecular formula is C18H21ClN2O2. The van der Waals surface area contributed by atoms with Crippen molar-refractivity contribution < 1.29 is 9.53 Å². The van der Waals surface area contributed by atoms with Gasteiger partial charge in [-0.05, 0) is 55.3 Å². The van der Waals surface area contributed by atoms with Crippen LogP contribution in [0.25, 0.3) is 0 Å². The monoisotopic (exact) mass is 332 g/mol. The second kappa shape index (κ2) is 8.56. The lowest BCUT2D eigenvalue weighted by Crippen LogP contribution is -2.39. The standard InChI is InChI=1S/C18H21ClN2O2/c1-13(18(20)22)21-10-9-14-5-7-17(8-6-14)23-12-15-3-2-4-16(19)11-15/h2-8,11,13,21H,9-10,12H2,1H3,(H2,20,22). The second-order valence-corrected chi connectivity index (χ2v) is 5.83. The van der Waals surface area contributed by atoms with E-state index >= 15 is 0 Å². The molecule has 1 unspecified atom stereocenters. The summed E-state index contributed by atoms with van der Waals surface area (Å²) in [5.41, 5.74) is 7.40. The summed E-state index contributed by atoms with van der Waals surface area (Å²) in [6.07, 6.45) is 0.826. The van der Waals surface area contributed by atoms with Crippen molar-refractivity contribution in [1.29, 1.82) is 0 Å². The molecule has 0 saturated heterocycles. The Bertz CT molecular complexity index is 644. The van der Waals surface area contributed by atoms with Crippen LogP contribution in [-0.2, 0) is 17.8 Å². The minimum atomic E-state index is -0.338. The van der Waals surface area contributed by atoms with Gasteiger partial charge in [0.05, 0.1) is 6.04 Å². The highest BCUT2D eigenvalue weighted by Crippen LogP contribution is 2.16. The number of hydrogen-bond donors (Lipinski definition) is 2. The average Bonchev–Trinajstić information content (AvgIpc) is 2.54. The van der Waals surface area contributed by atoms with Crippen LogP contribution in [0.4, 0.5) is 0 Å². The number of amides is 1. The molecule has 3 N–H and O–H groups in total. The van der Waals surface area contributed by atoms with Crippen molar-refractivity contribution in [2.24, 2.45) is 5.73 Å². The Balaban J connectivity index is 1.79. The first-order valence-electron chi connectivity index (χ1n) is 7.53.